The van der Waals surface area contributed by atoms with E-state index >= 15 is 0 Å². The van der Waals surface area contributed by atoms with E-state index < -0.39 is 0 Å². The van der Waals surface area contributed by atoms with Crippen molar-refractivity contribution in [2.45, 2.75) is 34.1 Å². The van der Waals surface area contributed by atoms with Gasteiger partial charge < -0.3 is 10.6 Å². The van der Waals surface area contributed by atoms with Gasteiger partial charge in [-0.15, -0.1) is 11.3 Å². The van der Waals surface area contributed by atoms with E-state index in [-0.39, 0.29) is 0 Å². The molecule has 1 rings (SSSR count). The number of nitrogens with one attached hydrogen (secondary N) is 2. The summed E-state index contributed by atoms with van der Waals surface area (Å²) < 4.78 is 0. The van der Waals surface area contributed by atoms with Crippen LogP contribution >= 0.6 is 11.3 Å². The maximum absolute atomic E-state index is 4.58. The third-order valence-electron chi connectivity index (χ3n) is 2.71. The van der Waals surface area contributed by atoms with Crippen LogP contribution in [0.2, 0.25) is 0 Å². The van der Waals surface area contributed by atoms with Crippen molar-refractivity contribution in [1.82, 2.24) is 10.6 Å². The third kappa shape index (κ3) is 7.21. The van der Waals surface area contributed by atoms with E-state index in [0.29, 0.717) is 11.8 Å². The summed E-state index contributed by atoms with van der Waals surface area (Å²) in [5.41, 5.74) is 0. The van der Waals surface area contributed by atoms with Gasteiger partial charge in [-0.05, 0) is 36.6 Å². The highest BCUT2D eigenvalue weighted by molar-refractivity contribution is 7.09. The first-order valence-electron chi connectivity index (χ1n) is 7.16. The molecule has 1 atom stereocenters. The van der Waals surface area contributed by atoms with E-state index in [4.69, 9.17) is 0 Å². The molecule has 0 aliphatic heterocycles. The zero-order valence-electron chi connectivity index (χ0n) is 12.6. The Morgan fingerprint density at radius 3 is 2.68 bits per heavy atom. The van der Waals surface area contributed by atoms with Gasteiger partial charge in [0.05, 0.1) is 0 Å². The fraction of sp³-hybridized carbons (Fsp3) is 0.667. The van der Waals surface area contributed by atoms with Gasteiger partial charge in [0.2, 0.25) is 0 Å². The Kier molecular flexibility index (Phi) is 7.56. The molecule has 0 aromatic carbocycles. The molecule has 1 aromatic rings. The van der Waals surface area contributed by atoms with Crippen molar-refractivity contribution >= 4 is 17.3 Å². The van der Waals surface area contributed by atoms with Gasteiger partial charge in [-0.2, -0.15) is 0 Å². The van der Waals surface area contributed by atoms with Crippen molar-refractivity contribution in [3.05, 3.63) is 22.4 Å². The Bertz CT molecular complexity index is 357. The minimum absolute atomic E-state index is 0.596. The van der Waals surface area contributed by atoms with Crippen LogP contribution in [0.3, 0.4) is 0 Å². The predicted molar refractivity (Wildman–Crippen MR) is 86.0 cm³/mol. The topological polar surface area (TPSA) is 36.4 Å². The molecule has 0 fully saturated rings. The van der Waals surface area contributed by atoms with E-state index in [1.165, 1.54) is 4.88 Å². The summed E-state index contributed by atoms with van der Waals surface area (Å²) in [5, 5.41) is 8.87. The molecular weight excluding hydrogens is 254 g/mol. The quantitative estimate of drug-likeness (QED) is 0.595. The SMILES string of the molecule is CCNC(=NCC(C)C)NCC(C)Cc1cccs1. The predicted octanol–water partition coefficient (Wildman–Crippen LogP) is 3.14. The van der Waals surface area contributed by atoms with E-state index in [1.54, 1.807) is 0 Å². The van der Waals surface area contributed by atoms with E-state index in [1.807, 2.05) is 11.3 Å². The Hall–Kier alpha value is -1.03. The lowest BCUT2D eigenvalue weighted by Crippen LogP contribution is -2.40. The van der Waals surface area contributed by atoms with Crippen molar-refractivity contribution in [2.24, 2.45) is 16.8 Å². The normalized spacial score (nSPS) is 13.6. The highest BCUT2D eigenvalue weighted by Crippen LogP contribution is 2.13. The number of guanidine groups is 1. The van der Waals surface area contributed by atoms with Crippen LogP contribution < -0.4 is 10.6 Å². The van der Waals surface area contributed by atoms with E-state index in [0.717, 1.165) is 32.0 Å². The minimum Gasteiger partial charge on any atom is -0.357 e. The lowest BCUT2D eigenvalue weighted by Gasteiger charge is -2.15. The lowest BCUT2D eigenvalue weighted by atomic mass is 10.1. The van der Waals surface area contributed by atoms with Crippen molar-refractivity contribution in [3.8, 4) is 0 Å². The standard InChI is InChI=1S/C15H27N3S/c1-5-16-15(17-10-12(2)3)18-11-13(4)9-14-7-6-8-19-14/h6-8,12-13H,5,9-11H2,1-4H3,(H2,16,17,18). The Balaban J connectivity index is 2.35. The van der Waals surface area contributed by atoms with Gasteiger partial charge in [-0.25, -0.2) is 0 Å². The molecule has 0 aliphatic carbocycles. The molecule has 0 spiro atoms. The summed E-state index contributed by atoms with van der Waals surface area (Å²) in [6.07, 6.45) is 1.13. The summed E-state index contributed by atoms with van der Waals surface area (Å²) in [4.78, 5) is 6.04. The molecule has 0 aliphatic rings. The van der Waals surface area contributed by atoms with Crippen LogP contribution in [0.4, 0.5) is 0 Å². The van der Waals surface area contributed by atoms with Gasteiger partial charge in [-0.1, -0.05) is 26.8 Å². The number of hydrogen-bond donors (Lipinski definition) is 2. The average molecular weight is 281 g/mol. The van der Waals surface area contributed by atoms with Crippen LogP contribution in [0.15, 0.2) is 22.5 Å². The molecule has 0 saturated heterocycles. The number of aliphatic imine (C=N–C) groups is 1. The molecular formula is C15H27N3S. The summed E-state index contributed by atoms with van der Waals surface area (Å²) in [5.74, 6) is 2.15. The van der Waals surface area contributed by atoms with Gasteiger partial charge in [0.15, 0.2) is 5.96 Å². The number of rotatable bonds is 7. The lowest BCUT2D eigenvalue weighted by molar-refractivity contribution is 0.560. The van der Waals surface area contributed by atoms with Crippen molar-refractivity contribution < 1.29 is 0 Å². The fourth-order valence-electron chi connectivity index (χ4n) is 1.73. The molecule has 1 heterocycles. The van der Waals surface area contributed by atoms with Crippen LogP contribution in [0, 0.1) is 11.8 Å². The van der Waals surface area contributed by atoms with Crippen molar-refractivity contribution in [3.63, 3.8) is 0 Å². The second kappa shape index (κ2) is 8.97. The smallest absolute Gasteiger partial charge is 0.191 e. The van der Waals surface area contributed by atoms with Gasteiger partial charge in [0, 0.05) is 24.5 Å². The Labute approximate surface area is 121 Å². The molecule has 19 heavy (non-hydrogen) atoms. The molecule has 0 saturated carbocycles. The Morgan fingerprint density at radius 2 is 2.11 bits per heavy atom. The first-order valence-corrected chi connectivity index (χ1v) is 8.04. The van der Waals surface area contributed by atoms with Crippen LogP contribution in [-0.4, -0.2) is 25.6 Å². The van der Waals surface area contributed by atoms with Crippen LogP contribution in [-0.2, 0) is 6.42 Å². The highest BCUT2D eigenvalue weighted by atomic mass is 32.1. The fourth-order valence-corrected chi connectivity index (χ4v) is 2.60. The largest absolute Gasteiger partial charge is 0.357 e. The first kappa shape index (κ1) is 16.0. The molecule has 1 aromatic heterocycles. The molecule has 2 N–H and O–H groups in total. The molecule has 1 unspecified atom stereocenters. The second-order valence-electron chi connectivity index (χ2n) is 5.38. The van der Waals surface area contributed by atoms with Crippen LogP contribution in [0.25, 0.3) is 0 Å². The molecule has 3 nitrogen and oxygen atoms in total. The number of hydrogen-bond acceptors (Lipinski definition) is 2. The molecule has 0 bridgehead atoms. The van der Waals surface area contributed by atoms with E-state index in [2.05, 4.69) is 60.8 Å². The third-order valence-corrected chi connectivity index (χ3v) is 3.61. The summed E-state index contributed by atoms with van der Waals surface area (Å²) in [6, 6.07) is 4.33. The van der Waals surface area contributed by atoms with Crippen molar-refractivity contribution in [1.29, 1.82) is 0 Å². The molecule has 0 radical (unpaired) electrons. The maximum Gasteiger partial charge on any atom is 0.191 e. The van der Waals surface area contributed by atoms with Gasteiger partial charge in [-0.3, -0.25) is 4.99 Å². The van der Waals surface area contributed by atoms with Gasteiger partial charge >= 0.3 is 0 Å². The van der Waals surface area contributed by atoms with Gasteiger partial charge in [0.25, 0.3) is 0 Å². The summed E-state index contributed by atoms with van der Waals surface area (Å²) >= 11 is 1.84. The second-order valence-corrected chi connectivity index (χ2v) is 6.42. The highest BCUT2D eigenvalue weighted by Gasteiger charge is 2.06. The monoisotopic (exact) mass is 281 g/mol. The van der Waals surface area contributed by atoms with Gasteiger partial charge in [0.1, 0.15) is 0 Å². The molecule has 4 heteroatoms. The van der Waals surface area contributed by atoms with Crippen LogP contribution in [0.1, 0.15) is 32.6 Å². The maximum atomic E-state index is 4.58. The average Bonchev–Trinajstić information content (AvgIpc) is 2.85. The summed E-state index contributed by atoms with van der Waals surface area (Å²) in [7, 11) is 0. The minimum atomic E-state index is 0.596. The molecule has 108 valence electrons. The number of thiophene rings is 1. The number of nitrogens with zero attached hydrogens (tertiary/aromatic N) is 1. The zero-order valence-corrected chi connectivity index (χ0v) is 13.4. The first-order chi connectivity index (χ1) is 9.11. The van der Waals surface area contributed by atoms with Crippen LogP contribution in [0.5, 0.6) is 0 Å². The summed E-state index contributed by atoms with van der Waals surface area (Å²) in [6.45, 7) is 11.5. The molecule has 0 amide bonds. The van der Waals surface area contributed by atoms with Crippen molar-refractivity contribution in [2.75, 3.05) is 19.6 Å². The van der Waals surface area contributed by atoms with E-state index in [9.17, 15) is 0 Å². The Morgan fingerprint density at radius 1 is 1.32 bits per heavy atom. The zero-order chi connectivity index (χ0) is 14.1.